The minimum absolute atomic E-state index is 0. The van der Waals surface area contributed by atoms with E-state index in [1.165, 1.54) is 43.7 Å². The van der Waals surface area contributed by atoms with Gasteiger partial charge in [-0.25, -0.2) is 4.57 Å². The van der Waals surface area contributed by atoms with Gasteiger partial charge in [0.25, 0.3) is 0 Å². The smallest absolute Gasteiger partial charge is 0.176 e. The molecule has 0 spiro atoms. The van der Waals surface area contributed by atoms with E-state index in [1.54, 1.807) is 0 Å². The Bertz CT molecular complexity index is 1010. The number of rotatable bonds is 2. The van der Waals surface area contributed by atoms with Crippen molar-refractivity contribution in [1.82, 2.24) is 4.98 Å². The van der Waals surface area contributed by atoms with Crippen molar-refractivity contribution in [1.29, 1.82) is 0 Å². The maximum Gasteiger partial charge on any atom is 0.176 e. The van der Waals surface area contributed by atoms with Crippen LogP contribution in [-0.2, 0) is 6.54 Å². The summed E-state index contributed by atoms with van der Waals surface area (Å²) < 4.78 is 2.30. The third-order valence-corrected chi connectivity index (χ3v) is 4.76. The number of para-hydroxylation sites is 1. The van der Waals surface area contributed by atoms with Crippen molar-refractivity contribution in [2.24, 2.45) is 0 Å². The summed E-state index contributed by atoms with van der Waals surface area (Å²) in [5.74, 6) is 0. The number of H-pyrrole nitrogens is 1. The van der Waals surface area contributed by atoms with Crippen LogP contribution in [0.3, 0.4) is 0 Å². The topological polar surface area (TPSA) is 19.7 Å². The molecule has 0 aliphatic heterocycles. The minimum Gasteiger partial charge on any atom is -0.354 e. The van der Waals surface area contributed by atoms with Gasteiger partial charge in [0.2, 0.25) is 0 Å². The number of aromatic nitrogens is 2. The SMILES string of the molecule is Br.CCC[n+]1ccc2c(C)c3[nH]c4ccccc4c3c(C)c2c1. The molecule has 2 heterocycles. The molecule has 23 heavy (non-hydrogen) atoms. The number of halogens is 1. The first kappa shape index (κ1) is 16.0. The fourth-order valence-corrected chi connectivity index (χ4v) is 3.64. The summed E-state index contributed by atoms with van der Waals surface area (Å²) in [6.45, 7) is 7.77. The normalized spacial score (nSPS) is 11.3. The van der Waals surface area contributed by atoms with Crippen LogP contribution in [0.2, 0.25) is 0 Å². The molecule has 0 atom stereocenters. The Morgan fingerprint density at radius 2 is 1.74 bits per heavy atom. The molecule has 118 valence electrons. The summed E-state index contributed by atoms with van der Waals surface area (Å²) in [5, 5.41) is 5.41. The second-order valence-corrected chi connectivity index (χ2v) is 6.18. The van der Waals surface area contributed by atoms with Gasteiger partial charge in [0.1, 0.15) is 6.54 Å². The minimum atomic E-state index is 0. The Morgan fingerprint density at radius 1 is 0.957 bits per heavy atom. The first-order valence-electron chi connectivity index (χ1n) is 8.03. The molecule has 1 N–H and O–H groups in total. The van der Waals surface area contributed by atoms with Gasteiger partial charge in [0.15, 0.2) is 12.4 Å². The van der Waals surface area contributed by atoms with Gasteiger partial charge in [0.05, 0.1) is 5.52 Å². The van der Waals surface area contributed by atoms with Crippen LogP contribution in [0.4, 0.5) is 0 Å². The number of aryl methyl sites for hydroxylation is 3. The van der Waals surface area contributed by atoms with Crippen LogP contribution in [0, 0.1) is 13.8 Å². The largest absolute Gasteiger partial charge is 0.354 e. The predicted molar refractivity (Wildman–Crippen MR) is 104 cm³/mol. The van der Waals surface area contributed by atoms with E-state index in [-0.39, 0.29) is 17.0 Å². The fourth-order valence-electron chi connectivity index (χ4n) is 3.64. The van der Waals surface area contributed by atoms with Crippen LogP contribution in [0.5, 0.6) is 0 Å². The van der Waals surface area contributed by atoms with Crippen LogP contribution in [0.25, 0.3) is 32.6 Å². The van der Waals surface area contributed by atoms with Crippen molar-refractivity contribution in [3.63, 3.8) is 0 Å². The van der Waals surface area contributed by atoms with E-state index < -0.39 is 0 Å². The number of benzene rings is 2. The molecular weight excluding hydrogens is 348 g/mol. The highest BCUT2D eigenvalue weighted by Gasteiger charge is 2.15. The summed E-state index contributed by atoms with van der Waals surface area (Å²) in [4.78, 5) is 3.61. The molecule has 0 unspecified atom stereocenters. The number of nitrogens with one attached hydrogen (secondary N) is 1. The number of pyridine rings is 1. The van der Waals surface area contributed by atoms with Crippen LogP contribution in [0.15, 0.2) is 42.7 Å². The standard InChI is InChI=1S/C20H20N2.BrH/c1-4-10-22-11-9-15-14(3)20-19(13(2)17(15)12-22)16-7-5-6-8-18(16)21-20;/h5-9,11-12H,4,10H2,1-3H3;1H/p+1. The quantitative estimate of drug-likeness (QED) is 0.458. The molecule has 0 amide bonds. The zero-order valence-corrected chi connectivity index (χ0v) is 15.5. The van der Waals surface area contributed by atoms with E-state index in [0.717, 1.165) is 13.0 Å². The maximum absolute atomic E-state index is 3.61. The van der Waals surface area contributed by atoms with E-state index >= 15 is 0 Å². The Labute approximate surface area is 146 Å². The average Bonchev–Trinajstić information content (AvgIpc) is 2.93. The van der Waals surface area contributed by atoms with Gasteiger partial charge in [-0.2, -0.15) is 0 Å². The summed E-state index contributed by atoms with van der Waals surface area (Å²) in [6, 6.07) is 10.9. The molecule has 0 radical (unpaired) electrons. The number of aromatic amines is 1. The molecule has 4 rings (SSSR count). The third-order valence-electron chi connectivity index (χ3n) is 4.76. The summed E-state index contributed by atoms with van der Waals surface area (Å²) in [5.41, 5.74) is 5.22. The van der Waals surface area contributed by atoms with Crippen LogP contribution in [0.1, 0.15) is 24.5 Å². The average molecular weight is 370 g/mol. The molecule has 0 saturated carbocycles. The predicted octanol–water partition coefficient (Wildman–Crippen LogP) is 5.37. The zero-order valence-electron chi connectivity index (χ0n) is 13.8. The van der Waals surface area contributed by atoms with Crippen LogP contribution in [-0.4, -0.2) is 4.98 Å². The van der Waals surface area contributed by atoms with Gasteiger partial charge >= 0.3 is 0 Å². The van der Waals surface area contributed by atoms with E-state index in [1.807, 2.05) is 0 Å². The molecule has 0 aliphatic carbocycles. The van der Waals surface area contributed by atoms with Crippen molar-refractivity contribution < 1.29 is 4.57 Å². The van der Waals surface area contributed by atoms with Gasteiger partial charge in [-0.05, 0) is 36.4 Å². The summed E-state index contributed by atoms with van der Waals surface area (Å²) in [6.07, 6.45) is 5.67. The van der Waals surface area contributed by atoms with Crippen molar-refractivity contribution in [3.8, 4) is 0 Å². The highest BCUT2D eigenvalue weighted by molar-refractivity contribution is 8.93. The zero-order chi connectivity index (χ0) is 15.3. The first-order chi connectivity index (χ1) is 10.7. The number of hydrogen-bond acceptors (Lipinski definition) is 0. The van der Waals surface area contributed by atoms with Gasteiger partial charge in [-0.1, -0.05) is 25.1 Å². The number of nitrogens with zero attached hydrogens (tertiary/aromatic N) is 1. The lowest BCUT2D eigenvalue weighted by Gasteiger charge is -2.08. The monoisotopic (exact) mass is 369 g/mol. The molecular formula is C20H22BrN2+. The number of hydrogen-bond donors (Lipinski definition) is 1. The molecule has 0 aliphatic rings. The molecule has 0 saturated heterocycles. The first-order valence-corrected chi connectivity index (χ1v) is 8.03. The Balaban J connectivity index is 0.00000156. The fraction of sp³-hybridized carbons (Fsp3) is 0.250. The molecule has 3 heteroatoms. The Kier molecular flexibility index (Phi) is 4.15. The highest BCUT2D eigenvalue weighted by atomic mass is 79.9. The third kappa shape index (κ3) is 2.34. The summed E-state index contributed by atoms with van der Waals surface area (Å²) in [7, 11) is 0. The Morgan fingerprint density at radius 3 is 2.52 bits per heavy atom. The van der Waals surface area contributed by atoms with E-state index in [2.05, 4.69) is 73.0 Å². The highest BCUT2D eigenvalue weighted by Crippen LogP contribution is 2.35. The second kappa shape index (κ2) is 5.97. The molecule has 4 aromatic rings. The van der Waals surface area contributed by atoms with Gasteiger partial charge in [-0.3, -0.25) is 0 Å². The van der Waals surface area contributed by atoms with Crippen LogP contribution < -0.4 is 4.57 Å². The summed E-state index contributed by atoms with van der Waals surface area (Å²) >= 11 is 0. The van der Waals surface area contributed by atoms with E-state index in [4.69, 9.17) is 0 Å². The molecule has 0 bridgehead atoms. The molecule has 2 aromatic heterocycles. The van der Waals surface area contributed by atoms with Gasteiger partial charge < -0.3 is 4.98 Å². The van der Waals surface area contributed by atoms with Crippen molar-refractivity contribution in [2.75, 3.05) is 0 Å². The lowest BCUT2D eigenvalue weighted by atomic mass is 9.97. The second-order valence-electron chi connectivity index (χ2n) is 6.18. The van der Waals surface area contributed by atoms with E-state index in [0.29, 0.717) is 0 Å². The maximum atomic E-state index is 3.61. The molecule has 0 fully saturated rings. The lowest BCUT2D eigenvalue weighted by molar-refractivity contribution is -0.695. The lowest BCUT2D eigenvalue weighted by Crippen LogP contribution is -2.32. The molecule has 2 aromatic carbocycles. The van der Waals surface area contributed by atoms with Crippen molar-refractivity contribution in [2.45, 2.75) is 33.7 Å². The van der Waals surface area contributed by atoms with Gasteiger partial charge in [0, 0.05) is 34.2 Å². The van der Waals surface area contributed by atoms with Crippen molar-refractivity contribution >= 4 is 49.6 Å². The van der Waals surface area contributed by atoms with E-state index in [9.17, 15) is 0 Å². The number of fused-ring (bicyclic) bond motifs is 4. The Hall–Kier alpha value is -1.87. The van der Waals surface area contributed by atoms with Crippen LogP contribution >= 0.6 is 17.0 Å². The molecule has 2 nitrogen and oxygen atoms in total. The van der Waals surface area contributed by atoms with Gasteiger partial charge in [-0.15, -0.1) is 17.0 Å². The van der Waals surface area contributed by atoms with Crippen molar-refractivity contribution in [3.05, 3.63) is 53.9 Å².